The van der Waals surface area contributed by atoms with E-state index in [2.05, 4.69) is 4.98 Å². The molecule has 1 heterocycles. The van der Waals surface area contributed by atoms with Crippen LogP contribution in [-0.2, 0) is 6.61 Å². The number of hydrogen-bond donors (Lipinski definition) is 0. The molecular formula is C13H13NO2. The van der Waals surface area contributed by atoms with Gasteiger partial charge in [0.05, 0.1) is 7.11 Å². The van der Waals surface area contributed by atoms with Crippen molar-refractivity contribution in [2.45, 2.75) is 6.61 Å². The van der Waals surface area contributed by atoms with Crippen molar-refractivity contribution in [1.82, 2.24) is 4.98 Å². The maximum atomic E-state index is 5.58. The molecule has 0 aliphatic heterocycles. The summed E-state index contributed by atoms with van der Waals surface area (Å²) in [7, 11) is 1.66. The third-order valence-electron chi connectivity index (χ3n) is 2.21. The topological polar surface area (TPSA) is 31.4 Å². The third kappa shape index (κ3) is 2.73. The maximum Gasteiger partial charge on any atom is 0.122 e. The van der Waals surface area contributed by atoms with Crippen molar-refractivity contribution in [3.05, 3.63) is 54.4 Å². The fraction of sp³-hybridized carbons (Fsp3) is 0.154. The van der Waals surface area contributed by atoms with E-state index >= 15 is 0 Å². The number of nitrogens with zero attached hydrogens (tertiary/aromatic N) is 1. The summed E-state index contributed by atoms with van der Waals surface area (Å²) >= 11 is 0. The van der Waals surface area contributed by atoms with Crippen molar-refractivity contribution in [2.75, 3.05) is 7.11 Å². The van der Waals surface area contributed by atoms with Crippen molar-refractivity contribution in [1.29, 1.82) is 0 Å². The fourth-order valence-corrected chi connectivity index (χ4v) is 1.32. The Labute approximate surface area is 94.7 Å². The molecular weight excluding hydrogens is 202 g/mol. The summed E-state index contributed by atoms with van der Waals surface area (Å²) in [4.78, 5) is 3.93. The van der Waals surface area contributed by atoms with Crippen molar-refractivity contribution in [3.8, 4) is 11.5 Å². The molecule has 0 saturated heterocycles. The summed E-state index contributed by atoms with van der Waals surface area (Å²) in [6, 6.07) is 11.5. The standard InChI is InChI=1S/C13H13NO2/c1-15-12-4-2-11(3-5-12)10-16-13-6-8-14-9-7-13/h2-9H,10H2,1H3. The highest BCUT2D eigenvalue weighted by Gasteiger charge is 1.96. The molecule has 0 amide bonds. The minimum atomic E-state index is 0.550. The molecule has 0 N–H and O–H groups in total. The summed E-state index contributed by atoms with van der Waals surface area (Å²) in [6.07, 6.45) is 3.42. The lowest BCUT2D eigenvalue weighted by Crippen LogP contribution is -1.95. The Kier molecular flexibility index (Phi) is 3.38. The SMILES string of the molecule is COc1ccc(COc2ccncc2)cc1. The van der Waals surface area contributed by atoms with Crippen LogP contribution in [0.1, 0.15) is 5.56 Å². The van der Waals surface area contributed by atoms with Gasteiger partial charge in [0.1, 0.15) is 18.1 Å². The highest BCUT2D eigenvalue weighted by Crippen LogP contribution is 2.14. The van der Waals surface area contributed by atoms with E-state index in [1.165, 1.54) is 0 Å². The van der Waals surface area contributed by atoms with Crippen LogP contribution >= 0.6 is 0 Å². The minimum Gasteiger partial charge on any atom is -0.497 e. The van der Waals surface area contributed by atoms with Gasteiger partial charge in [-0.1, -0.05) is 12.1 Å². The summed E-state index contributed by atoms with van der Waals surface area (Å²) in [6.45, 7) is 0.550. The zero-order valence-electron chi connectivity index (χ0n) is 9.09. The van der Waals surface area contributed by atoms with E-state index in [-0.39, 0.29) is 0 Å². The van der Waals surface area contributed by atoms with Crippen LogP contribution in [0.5, 0.6) is 11.5 Å². The first-order valence-corrected chi connectivity index (χ1v) is 5.04. The van der Waals surface area contributed by atoms with E-state index in [1.807, 2.05) is 36.4 Å². The fourth-order valence-electron chi connectivity index (χ4n) is 1.32. The Morgan fingerprint density at radius 3 is 2.25 bits per heavy atom. The van der Waals surface area contributed by atoms with Crippen LogP contribution in [0.25, 0.3) is 0 Å². The third-order valence-corrected chi connectivity index (χ3v) is 2.21. The van der Waals surface area contributed by atoms with Crippen LogP contribution in [0.4, 0.5) is 0 Å². The number of benzene rings is 1. The number of ether oxygens (including phenoxy) is 2. The van der Waals surface area contributed by atoms with Crippen molar-refractivity contribution in [2.24, 2.45) is 0 Å². The molecule has 3 nitrogen and oxygen atoms in total. The lowest BCUT2D eigenvalue weighted by atomic mass is 10.2. The normalized spacial score (nSPS) is 9.81. The lowest BCUT2D eigenvalue weighted by molar-refractivity contribution is 0.305. The zero-order valence-corrected chi connectivity index (χ0v) is 9.09. The quantitative estimate of drug-likeness (QED) is 0.785. The van der Waals surface area contributed by atoms with Gasteiger partial charge in [-0.15, -0.1) is 0 Å². The van der Waals surface area contributed by atoms with Crippen molar-refractivity contribution in [3.63, 3.8) is 0 Å². The van der Waals surface area contributed by atoms with E-state index in [1.54, 1.807) is 19.5 Å². The average Bonchev–Trinajstić information content (AvgIpc) is 2.38. The maximum absolute atomic E-state index is 5.58. The molecule has 0 aliphatic rings. The Morgan fingerprint density at radius 2 is 1.62 bits per heavy atom. The van der Waals surface area contributed by atoms with Gasteiger partial charge in [-0.25, -0.2) is 0 Å². The summed E-state index contributed by atoms with van der Waals surface area (Å²) in [5.41, 5.74) is 1.11. The Balaban J connectivity index is 1.94. The molecule has 1 aromatic carbocycles. The number of pyridine rings is 1. The molecule has 3 heteroatoms. The molecule has 0 radical (unpaired) electrons. The van der Waals surface area contributed by atoms with Crippen LogP contribution in [0.15, 0.2) is 48.8 Å². The molecule has 82 valence electrons. The van der Waals surface area contributed by atoms with Crippen molar-refractivity contribution >= 4 is 0 Å². The smallest absolute Gasteiger partial charge is 0.122 e. The van der Waals surface area contributed by atoms with Gasteiger partial charge in [-0.05, 0) is 29.8 Å². The summed E-state index contributed by atoms with van der Waals surface area (Å²) < 4.78 is 10.7. The predicted molar refractivity (Wildman–Crippen MR) is 61.6 cm³/mol. The van der Waals surface area contributed by atoms with E-state index in [0.29, 0.717) is 6.61 Å². The van der Waals surface area contributed by atoms with Gasteiger partial charge in [0, 0.05) is 12.4 Å². The van der Waals surface area contributed by atoms with Gasteiger partial charge in [0.2, 0.25) is 0 Å². The second-order valence-electron chi connectivity index (χ2n) is 3.32. The highest BCUT2D eigenvalue weighted by molar-refractivity contribution is 5.27. The van der Waals surface area contributed by atoms with Gasteiger partial charge < -0.3 is 9.47 Å². The first kappa shape index (κ1) is 10.5. The summed E-state index contributed by atoms with van der Waals surface area (Å²) in [5.74, 6) is 1.68. The molecule has 0 fully saturated rings. The molecule has 0 unspecified atom stereocenters. The van der Waals surface area contributed by atoms with E-state index in [9.17, 15) is 0 Å². The van der Waals surface area contributed by atoms with Gasteiger partial charge >= 0.3 is 0 Å². The molecule has 0 atom stereocenters. The van der Waals surface area contributed by atoms with Gasteiger partial charge in [0.25, 0.3) is 0 Å². The lowest BCUT2D eigenvalue weighted by Gasteiger charge is -2.06. The first-order chi connectivity index (χ1) is 7.88. The molecule has 0 bridgehead atoms. The highest BCUT2D eigenvalue weighted by atomic mass is 16.5. The molecule has 0 aliphatic carbocycles. The molecule has 0 spiro atoms. The largest absolute Gasteiger partial charge is 0.497 e. The van der Waals surface area contributed by atoms with Crippen LogP contribution < -0.4 is 9.47 Å². The Morgan fingerprint density at radius 1 is 0.938 bits per heavy atom. The van der Waals surface area contributed by atoms with Crippen LogP contribution in [0, 0.1) is 0 Å². The molecule has 16 heavy (non-hydrogen) atoms. The number of aromatic nitrogens is 1. The van der Waals surface area contributed by atoms with Gasteiger partial charge in [0.15, 0.2) is 0 Å². The first-order valence-electron chi connectivity index (χ1n) is 5.04. The number of methoxy groups -OCH3 is 1. The Bertz CT molecular complexity index is 425. The molecule has 1 aromatic heterocycles. The van der Waals surface area contributed by atoms with Crippen molar-refractivity contribution < 1.29 is 9.47 Å². The summed E-state index contributed by atoms with van der Waals surface area (Å²) in [5, 5.41) is 0. The van der Waals surface area contributed by atoms with Crippen LogP contribution in [0.3, 0.4) is 0 Å². The van der Waals surface area contributed by atoms with Gasteiger partial charge in [-0.3, -0.25) is 4.98 Å². The number of hydrogen-bond acceptors (Lipinski definition) is 3. The molecule has 0 saturated carbocycles. The van der Waals surface area contributed by atoms with Crippen LogP contribution in [-0.4, -0.2) is 12.1 Å². The number of rotatable bonds is 4. The average molecular weight is 215 g/mol. The van der Waals surface area contributed by atoms with E-state index in [0.717, 1.165) is 17.1 Å². The van der Waals surface area contributed by atoms with Gasteiger partial charge in [-0.2, -0.15) is 0 Å². The monoisotopic (exact) mass is 215 g/mol. The second kappa shape index (κ2) is 5.16. The minimum absolute atomic E-state index is 0.550. The molecule has 2 aromatic rings. The molecule has 2 rings (SSSR count). The van der Waals surface area contributed by atoms with E-state index in [4.69, 9.17) is 9.47 Å². The Hall–Kier alpha value is -2.03. The van der Waals surface area contributed by atoms with E-state index < -0.39 is 0 Å². The predicted octanol–water partition coefficient (Wildman–Crippen LogP) is 2.67. The van der Waals surface area contributed by atoms with Crippen LogP contribution in [0.2, 0.25) is 0 Å². The zero-order chi connectivity index (χ0) is 11.2. The second-order valence-corrected chi connectivity index (χ2v) is 3.32.